The Bertz CT molecular complexity index is 499. The summed E-state index contributed by atoms with van der Waals surface area (Å²) in [6.45, 7) is 3.30. The fraction of sp³-hybridized carbons (Fsp3) is 0.385. The zero-order chi connectivity index (χ0) is 15.0. The van der Waals surface area contributed by atoms with Crippen LogP contribution < -0.4 is 16.8 Å². The normalized spacial score (nSPS) is 10.7. The van der Waals surface area contributed by atoms with Crippen LogP contribution in [0.5, 0.6) is 0 Å². The second-order valence-electron chi connectivity index (χ2n) is 4.21. The molecule has 0 saturated heterocycles. The van der Waals surface area contributed by atoms with E-state index in [1.165, 1.54) is 0 Å². The lowest BCUT2D eigenvalue weighted by Gasteiger charge is -2.06. The van der Waals surface area contributed by atoms with Gasteiger partial charge in [0.2, 0.25) is 5.96 Å². The molecule has 0 saturated carbocycles. The van der Waals surface area contributed by atoms with Gasteiger partial charge in [0.05, 0.1) is 16.6 Å². The van der Waals surface area contributed by atoms with Crippen LogP contribution in [0.4, 0.5) is 0 Å². The van der Waals surface area contributed by atoms with Crippen molar-refractivity contribution in [2.45, 2.75) is 26.3 Å². The number of hydrogen-bond acceptors (Lipinski definition) is 1. The summed E-state index contributed by atoms with van der Waals surface area (Å²) in [6.07, 6.45) is 2.10. The number of benzene rings is 1. The SMILES string of the molecule is CCCCNC(N=C(N)N)=NCc1ccc(Cl)c(Cl)c1.Cl. The Hall–Kier alpha value is -1.17. The van der Waals surface area contributed by atoms with Gasteiger partial charge in [0.15, 0.2) is 5.96 Å². The first kappa shape index (κ1) is 19.8. The van der Waals surface area contributed by atoms with Gasteiger partial charge in [0, 0.05) is 6.54 Å². The summed E-state index contributed by atoms with van der Waals surface area (Å²) in [7, 11) is 0. The van der Waals surface area contributed by atoms with Gasteiger partial charge in [-0.15, -0.1) is 12.4 Å². The molecule has 0 heterocycles. The maximum absolute atomic E-state index is 5.95. The van der Waals surface area contributed by atoms with Crippen molar-refractivity contribution in [1.29, 1.82) is 0 Å². The van der Waals surface area contributed by atoms with Gasteiger partial charge in [-0.3, -0.25) is 0 Å². The second kappa shape index (κ2) is 10.5. The van der Waals surface area contributed by atoms with Gasteiger partial charge >= 0.3 is 0 Å². The number of nitrogens with zero attached hydrogens (tertiary/aromatic N) is 2. The molecule has 0 aliphatic heterocycles. The van der Waals surface area contributed by atoms with E-state index in [9.17, 15) is 0 Å². The number of guanidine groups is 2. The van der Waals surface area contributed by atoms with Gasteiger partial charge in [-0.05, 0) is 24.1 Å². The van der Waals surface area contributed by atoms with E-state index in [2.05, 4.69) is 22.2 Å². The highest BCUT2D eigenvalue weighted by Gasteiger charge is 2.01. The molecule has 8 heteroatoms. The van der Waals surface area contributed by atoms with E-state index >= 15 is 0 Å². The van der Waals surface area contributed by atoms with Crippen LogP contribution in [-0.4, -0.2) is 18.5 Å². The van der Waals surface area contributed by atoms with E-state index in [1.807, 2.05) is 6.07 Å². The van der Waals surface area contributed by atoms with E-state index in [-0.39, 0.29) is 18.4 Å². The smallest absolute Gasteiger partial charge is 0.221 e. The Kier molecular flexibility index (Phi) is 9.95. The minimum absolute atomic E-state index is 0. The molecule has 0 aliphatic rings. The number of rotatable bonds is 5. The van der Waals surface area contributed by atoms with Gasteiger partial charge in [0.1, 0.15) is 0 Å². The molecule has 118 valence electrons. The molecule has 1 aromatic rings. The van der Waals surface area contributed by atoms with E-state index in [0.717, 1.165) is 24.9 Å². The Morgan fingerprint density at radius 3 is 2.52 bits per heavy atom. The molecule has 0 aromatic heterocycles. The quantitative estimate of drug-likeness (QED) is 0.432. The average Bonchev–Trinajstić information content (AvgIpc) is 2.39. The third-order valence-corrected chi connectivity index (χ3v) is 3.18. The molecule has 21 heavy (non-hydrogen) atoms. The van der Waals surface area contributed by atoms with E-state index in [1.54, 1.807) is 12.1 Å². The van der Waals surface area contributed by atoms with Crippen molar-refractivity contribution < 1.29 is 0 Å². The lowest BCUT2D eigenvalue weighted by Crippen LogP contribution is -2.30. The van der Waals surface area contributed by atoms with Crippen LogP contribution in [0.15, 0.2) is 28.2 Å². The van der Waals surface area contributed by atoms with Crippen LogP contribution in [0.1, 0.15) is 25.3 Å². The fourth-order valence-corrected chi connectivity index (χ4v) is 1.75. The molecule has 5 N–H and O–H groups in total. The molecule has 0 atom stereocenters. The van der Waals surface area contributed by atoms with Crippen molar-refractivity contribution >= 4 is 47.5 Å². The Morgan fingerprint density at radius 1 is 1.24 bits per heavy atom. The average molecular weight is 353 g/mol. The Labute approximate surface area is 141 Å². The third kappa shape index (κ3) is 7.99. The summed E-state index contributed by atoms with van der Waals surface area (Å²) in [5.74, 6) is 0.395. The van der Waals surface area contributed by atoms with E-state index < -0.39 is 0 Å². The largest absolute Gasteiger partial charge is 0.370 e. The van der Waals surface area contributed by atoms with Gasteiger partial charge in [-0.25, -0.2) is 4.99 Å². The molecule has 5 nitrogen and oxygen atoms in total. The Morgan fingerprint density at radius 2 is 1.95 bits per heavy atom. The number of nitrogens with one attached hydrogen (secondary N) is 1. The summed E-state index contributed by atoms with van der Waals surface area (Å²) in [4.78, 5) is 8.29. The minimum Gasteiger partial charge on any atom is -0.370 e. The lowest BCUT2D eigenvalue weighted by atomic mass is 10.2. The standard InChI is InChI=1S/C13H19Cl2N5.ClH/c1-2-3-6-18-13(20-12(16)17)19-8-9-4-5-10(14)11(15)7-9;/h4-5,7H,2-3,6,8H2,1H3,(H5,16,17,18,19,20);1H. The van der Waals surface area contributed by atoms with Gasteiger partial charge in [0.25, 0.3) is 0 Å². The van der Waals surface area contributed by atoms with Crippen LogP contribution in [0.2, 0.25) is 10.0 Å². The van der Waals surface area contributed by atoms with Gasteiger partial charge in [-0.1, -0.05) is 42.6 Å². The predicted molar refractivity (Wildman–Crippen MR) is 93.6 cm³/mol. The summed E-state index contributed by atoms with van der Waals surface area (Å²) in [6, 6.07) is 5.36. The highest BCUT2D eigenvalue weighted by atomic mass is 35.5. The molecule has 1 aromatic carbocycles. The van der Waals surface area contributed by atoms with Crippen LogP contribution in [-0.2, 0) is 6.54 Å². The van der Waals surface area contributed by atoms with Crippen molar-refractivity contribution in [3.8, 4) is 0 Å². The molecule has 0 amide bonds. The summed E-state index contributed by atoms with van der Waals surface area (Å²) < 4.78 is 0. The molecule has 0 bridgehead atoms. The lowest BCUT2D eigenvalue weighted by molar-refractivity contribution is 0.748. The first-order valence-corrected chi connectivity index (χ1v) is 7.10. The van der Waals surface area contributed by atoms with Crippen molar-refractivity contribution in [3.05, 3.63) is 33.8 Å². The van der Waals surface area contributed by atoms with Crippen LogP contribution in [0.3, 0.4) is 0 Å². The van der Waals surface area contributed by atoms with Crippen LogP contribution in [0, 0.1) is 0 Å². The maximum Gasteiger partial charge on any atom is 0.221 e. The van der Waals surface area contributed by atoms with Crippen LogP contribution >= 0.6 is 35.6 Å². The van der Waals surface area contributed by atoms with Crippen molar-refractivity contribution in [1.82, 2.24) is 5.32 Å². The first-order chi connectivity index (χ1) is 9.52. The van der Waals surface area contributed by atoms with Crippen molar-refractivity contribution in [2.75, 3.05) is 6.54 Å². The first-order valence-electron chi connectivity index (χ1n) is 6.34. The predicted octanol–water partition coefficient (Wildman–Crippen LogP) is 2.93. The minimum atomic E-state index is -0.0260. The number of unbranched alkanes of at least 4 members (excludes halogenated alkanes) is 1. The number of nitrogens with two attached hydrogens (primary N) is 2. The molecule has 0 aliphatic carbocycles. The van der Waals surface area contributed by atoms with Gasteiger partial charge < -0.3 is 16.8 Å². The molecule has 1 rings (SSSR count). The monoisotopic (exact) mass is 351 g/mol. The van der Waals surface area contributed by atoms with Crippen molar-refractivity contribution in [2.24, 2.45) is 21.5 Å². The maximum atomic E-state index is 5.95. The fourth-order valence-electron chi connectivity index (χ4n) is 1.43. The van der Waals surface area contributed by atoms with E-state index in [0.29, 0.717) is 22.5 Å². The van der Waals surface area contributed by atoms with Crippen LogP contribution in [0.25, 0.3) is 0 Å². The van der Waals surface area contributed by atoms with E-state index in [4.69, 9.17) is 34.7 Å². The highest BCUT2D eigenvalue weighted by molar-refractivity contribution is 6.42. The molecular formula is C13H20Cl3N5. The summed E-state index contributed by atoms with van der Waals surface area (Å²) >= 11 is 11.8. The number of aliphatic imine (C=N–C) groups is 2. The molecular weight excluding hydrogens is 333 g/mol. The second-order valence-corrected chi connectivity index (χ2v) is 5.02. The zero-order valence-corrected chi connectivity index (χ0v) is 14.1. The summed E-state index contributed by atoms with van der Waals surface area (Å²) in [5.41, 5.74) is 11.7. The molecule has 0 fully saturated rings. The molecule has 0 spiro atoms. The molecule has 0 unspecified atom stereocenters. The Balaban J connectivity index is 0.00000400. The number of hydrogen-bond donors (Lipinski definition) is 3. The topological polar surface area (TPSA) is 88.8 Å². The third-order valence-electron chi connectivity index (χ3n) is 2.44. The zero-order valence-electron chi connectivity index (χ0n) is 11.8. The summed E-state index contributed by atoms with van der Waals surface area (Å²) in [5, 5.41) is 4.11. The molecule has 0 radical (unpaired) electrons. The number of halogens is 3. The van der Waals surface area contributed by atoms with Crippen molar-refractivity contribution in [3.63, 3.8) is 0 Å². The van der Waals surface area contributed by atoms with Gasteiger partial charge in [-0.2, -0.15) is 4.99 Å². The highest BCUT2D eigenvalue weighted by Crippen LogP contribution is 2.22.